The molecule has 4 nitrogen and oxygen atoms in total. The molecular weight excluding hydrogens is 226 g/mol. The Morgan fingerprint density at radius 3 is 2.94 bits per heavy atom. The largest absolute Gasteiger partial charge is 0.341 e. The second-order valence-electron chi connectivity index (χ2n) is 5.27. The first-order valence-corrected chi connectivity index (χ1v) is 6.77. The van der Waals surface area contributed by atoms with E-state index in [2.05, 4.69) is 19.2 Å². The molecule has 1 aliphatic heterocycles. The van der Waals surface area contributed by atoms with E-state index in [1.807, 2.05) is 34.8 Å². The van der Waals surface area contributed by atoms with Gasteiger partial charge in [-0.25, -0.2) is 0 Å². The van der Waals surface area contributed by atoms with Crippen LogP contribution in [0.5, 0.6) is 0 Å². The lowest BCUT2D eigenvalue weighted by atomic mass is 10.1. The fourth-order valence-electron chi connectivity index (χ4n) is 2.58. The Kier molecular flexibility index (Phi) is 4.07. The van der Waals surface area contributed by atoms with Crippen LogP contribution < -0.4 is 5.32 Å². The van der Waals surface area contributed by atoms with E-state index in [1.165, 1.54) is 0 Å². The van der Waals surface area contributed by atoms with Crippen molar-refractivity contribution in [3.05, 3.63) is 24.0 Å². The molecule has 1 saturated heterocycles. The highest BCUT2D eigenvalue weighted by Gasteiger charge is 2.25. The zero-order valence-electron chi connectivity index (χ0n) is 11.5. The molecule has 1 atom stereocenters. The zero-order valence-corrected chi connectivity index (χ0v) is 11.5. The molecule has 2 heterocycles. The number of hydrogen-bond donors (Lipinski definition) is 1. The number of aromatic nitrogens is 1. The summed E-state index contributed by atoms with van der Waals surface area (Å²) in [5.41, 5.74) is 0.807. The van der Waals surface area contributed by atoms with Gasteiger partial charge in [0, 0.05) is 31.4 Å². The van der Waals surface area contributed by atoms with E-state index in [-0.39, 0.29) is 5.91 Å². The van der Waals surface area contributed by atoms with Gasteiger partial charge in [-0.3, -0.25) is 4.79 Å². The van der Waals surface area contributed by atoms with Crippen molar-refractivity contribution in [2.75, 3.05) is 20.1 Å². The van der Waals surface area contributed by atoms with Crippen LogP contribution in [0.2, 0.25) is 0 Å². The number of likely N-dealkylation sites (N-methyl/N-ethyl adjacent to an activating group) is 1. The Hall–Kier alpha value is -1.29. The average Bonchev–Trinajstić information content (AvgIpc) is 2.87. The molecule has 0 spiro atoms. The summed E-state index contributed by atoms with van der Waals surface area (Å²) in [6.07, 6.45) is 4.22. The van der Waals surface area contributed by atoms with Crippen LogP contribution in [0.1, 0.15) is 43.2 Å². The molecule has 1 amide bonds. The molecule has 100 valence electrons. The molecular formula is C14H23N3O. The summed E-state index contributed by atoms with van der Waals surface area (Å²) in [6, 6.07) is 4.63. The van der Waals surface area contributed by atoms with Crippen LogP contribution in [0.25, 0.3) is 0 Å². The maximum absolute atomic E-state index is 12.5. The maximum atomic E-state index is 12.5. The molecule has 1 aromatic rings. The van der Waals surface area contributed by atoms with E-state index in [0.717, 1.165) is 31.6 Å². The van der Waals surface area contributed by atoms with Crippen molar-refractivity contribution in [2.24, 2.45) is 0 Å². The number of nitrogens with one attached hydrogen (secondary N) is 1. The third kappa shape index (κ3) is 2.58. The van der Waals surface area contributed by atoms with Crippen LogP contribution in [0, 0.1) is 0 Å². The highest BCUT2D eigenvalue weighted by molar-refractivity contribution is 5.93. The molecule has 18 heavy (non-hydrogen) atoms. The molecule has 1 aromatic heterocycles. The fraction of sp³-hybridized carbons (Fsp3) is 0.643. The highest BCUT2D eigenvalue weighted by atomic mass is 16.2. The summed E-state index contributed by atoms with van der Waals surface area (Å²) in [7, 11) is 1.97. The predicted molar refractivity (Wildman–Crippen MR) is 72.8 cm³/mol. The number of hydrogen-bond acceptors (Lipinski definition) is 2. The predicted octanol–water partition coefficient (Wildman–Crippen LogP) is 1.89. The van der Waals surface area contributed by atoms with E-state index < -0.39 is 0 Å². The summed E-state index contributed by atoms with van der Waals surface area (Å²) in [6.45, 7) is 5.89. The van der Waals surface area contributed by atoms with Crippen molar-refractivity contribution >= 4 is 5.91 Å². The van der Waals surface area contributed by atoms with Crippen molar-refractivity contribution in [3.8, 4) is 0 Å². The molecule has 1 fully saturated rings. The van der Waals surface area contributed by atoms with Crippen LogP contribution in [0.4, 0.5) is 0 Å². The average molecular weight is 249 g/mol. The Morgan fingerprint density at radius 1 is 1.50 bits per heavy atom. The van der Waals surface area contributed by atoms with E-state index in [1.54, 1.807) is 0 Å². The molecule has 0 aliphatic carbocycles. The summed E-state index contributed by atoms with van der Waals surface area (Å²) in [5.74, 6) is 0.161. The van der Waals surface area contributed by atoms with Gasteiger partial charge in [0.05, 0.1) is 0 Å². The van der Waals surface area contributed by atoms with Crippen molar-refractivity contribution in [2.45, 2.75) is 38.8 Å². The van der Waals surface area contributed by atoms with Crippen molar-refractivity contribution in [1.29, 1.82) is 0 Å². The maximum Gasteiger partial charge on any atom is 0.270 e. The smallest absolute Gasteiger partial charge is 0.270 e. The number of likely N-dealkylation sites (tertiary alicyclic amines) is 1. The molecule has 1 unspecified atom stereocenters. The number of carbonyl (C=O) groups is 1. The summed E-state index contributed by atoms with van der Waals surface area (Å²) in [5, 5.41) is 3.27. The van der Waals surface area contributed by atoms with Crippen LogP contribution in [-0.4, -0.2) is 41.6 Å². The van der Waals surface area contributed by atoms with Gasteiger partial charge in [-0.2, -0.15) is 0 Å². The number of carbonyl (C=O) groups excluding carboxylic acids is 1. The lowest BCUT2D eigenvalue weighted by Gasteiger charge is -2.33. The minimum absolute atomic E-state index is 0.161. The number of piperidine rings is 1. The molecule has 1 aliphatic rings. The van der Waals surface area contributed by atoms with Crippen molar-refractivity contribution < 1.29 is 4.79 Å². The summed E-state index contributed by atoms with van der Waals surface area (Å²) in [4.78, 5) is 14.5. The second-order valence-corrected chi connectivity index (χ2v) is 5.27. The van der Waals surface area contributed by atoms with Crippen LogP contribution >= 0.6 is 0 Å². The minimum Gasteiger partial charge on any atom is -0.341 e. The van der Waals surface area contributed by atoms with Gasteiger partial charge in [0.1, 0.15) is 5.69 Å². The third-order valence-electron chi connectivity index (χ3n) is 3.67. The SMILES string of the molecule is CNC1CCCN(C(=O)c2cccn2C(C)C)C1. The van der Waals surface area contributed by atoms with Crippen LogP contribution in [0.15, 0.2) is 18.3 Å². The Morgan fingerprint density at radius 2 is 2.28 bits per heavy atom. The first-order chi connectivity index (χ1) is 8.63. The number of rotatable bonds is 3. The normalized spacial score (nSPS) is 20.4. The third-order valence-corrected chi connectivity index (χ3v) is 3.67. The van der Waals surface area contributed by atoms with Gasteiger partial charge in [0.15, 0.2) is 0 Å². The quantitative estimate of drug-likeness (QED) is 0.888. The Labute approximate surface area is 109 Å². The van der Waals surface area contributed by atoms with Gasteiger partial charge < -0.3 is 14.8 Å². The topological polar surface area (TPSA) is 37.3 Å². The first kappa shape index (κ1) is 13.1. The Bertz CT molecular complexity index is 411. The standard InChI is InChI=1S/C14H23N3O/c1-11(2)17-9-5-7-13(17)14(18)16-8-4-6-12(10-16)15-3/h5,7,9,11-12,15H,4,6,8,10H2,1-3H3. The molecule has 0 bridgehead atoms. The molecule has 0 saturated carbocycles. The molecule has 4 heteroatoms. The van der Waals surface area contributed by atoms with Gasteiger partial charge in [-0.05, 0) is 45.9 Å². The lowest BCUT2D eigenvalue weighted by molar-refractivity contribution is 0.0685. The van der Waals surface area contributed by atoms with Gasteiger partial charge in [-0.15, -0.1) is 0 Å². The zero-order chi connectivity index (χ0) is 13.1. The Balaban J connectivity index is 2.13. The molecule has 0 aromatic carbocycles. The van der Waals surface area contributed by atoms with Crippen molar-refractivity contribution in [1.82, 2.24) is 14.8 Å². The van der Waals surface area contributed by atoms with Gasteiger partial charge >= 0.3 is 0 Å². The number of amides is 1. The molecule has 1 N–H and O–H groups in total. The van der Waals surface area contributed by atoms with E-state index in [0.29, 0.717) is 12.1 Å². The van der Waals surface area contributed by atoms with Crippen molar-refractivity contribution in [3.63, 3.8) is 0 Å². The first-order valence-electron chi connectivity index (χ1n) is 6.77. The molecule has 0 radical (unpaired) electrons. The highest BCUT2D eigenvalue weighted by Crippen LogP contribution is 2.17. The lowest BCUT2D eigenvalue weighted by Crippen LogP contribution is -2.47. The van der Waals surface area contributed by atoms with Gasteiger partial charge in [0.25, 0.3) is 5.91 Å². The van der Waals surface area contributed by atoms with Gasteiger partial charge in [0.2, 0.25) is 0 Å². The van der Waals surface area contributed by atoms with E-state index in [4.69, 9.17) is 0 Å². The summed E-state index contributed by atoms with van der Waals surface area (Å²) >= 11 is 0. The summed E-state index contributed by atoms with van der Waals surface area (Å²) < 4.78 is 2.05. The number of nitrogens with zero attached hydrogens (tertiary/aromatic N) is 2. The van der Waals surface area contributed by atoms with Crippen LogP contribution in [0.3, 0.4) is 0 Å². The van der Waals surface area contributed by atoms with Crippen LogP contribution in [-0.2, 0) is 0 Å². The van der Waals surface area contributed by atoms with Gasteiger partial charge in [-0.1, -0.05) is 0 Å². The minimum atomic E-state index is 0.161. The fourth-order valence-corrected chi connectivity index (χ4v) is 2.58. The molecule has 2 rings (SSSR count). The van der Waals surface area contributed by atoms with E-state index in [9.17, 15) is 4.79 Å². The second kappa shape index (κ2) is 5.57. The van der Waals surface area contributed by atoms with E-state index >= 15 is 0 Å². The monoisotopic (exact) mass is 249 g/mol.